The molecule has 0 bridgehead atoms. The number of hydrogen-bond acceptors (Lipinski definition) is 5. The Morgan fingerprint density at radius 2 is 1.70 bits per heavy atom. The molecule has 0 unspecified atom stereocenters. The van der Waals surface area contributed by atoms with Gasteiger partial charge in [0.1, 0.15) is 23.8 Å². The summed E-state index contributed by atoms with van der Waals surface area (Å²) < 4.78 is 7.31. The summed E-state index contributed by atoms with van der Waals surface area (Å²) in [5.41, 5.74) is 3.57. The maximum atomic E-state index is 13.8. The number of anilines is 1. The number of carbonyl (C=O) groups excluding carboxylic acids is 2. The Kier molecular flexibility index (Phi) is 5.79. The van der Waals surface area contributed by atoms with E-state index in [-0.39, 0.29) is 24.4 Å². The van der Waals surface area contributed by atoms with Crippen LogP contribution in [0.4, 0.5) is 5.82 Å². The first-order valence-corrected chi connectivity index (χ1v) is 12.5. The van der Waals surface area contributed by atoms with Crippen LogP contribution in [0.2, 0.25) is 0 Å². The molecule has 4 heterocycles. The lowest BCUT2D eigenvalue weighted by molar-refractivity contribution is -0.132. The standard InChI is InChI=1S/C29H29N5O3/c1-31-23-8-4-3-7-22(23)26-27(20-10-12-21(37-2)13-11-20)34(29(36)28(26)31)19-25(35)33-17-15-32(16-18-33)24-9-5-6-14-30-24/h3-14,27H,15-19H2,1-2H3/t27-/m1/s1. The zero-order valence-electron chi connectivity index (χ0n) is 21.0. The lowest BCUT2D eigenvalue weighted by Crippen LogP contribution is -2.51. The van der Waals surface area contributed by atoms with Gasteiger partial charge in [-0.1, -0.05) is 36.4 Å². The van der Waals surface area contributed by atoms with E-state index in [2.05, 4.69) is 16.0 Å². The number of methoxy groups -OCH3 is 1. The lowest BCUT2D eigenvalue weighted by atomic mass is 9.98. The summed E-state index contributed by atoms with van der Waals surface area (Å²) in [6, 6.07) is 21.3. The molecule has 1 atom stereocenters. The Bertz CT molecular complexity index is 1460. The van der Waals surface area contributed by atoms with Crippen LogP contribution in [0, 0.1) is 0 Å². The number of amides is 2. The quantitative estimate of drug-likeness (QED) is 0.424. The van der Waals surface area contributed by atoms with Crippen LogP contribution in [0.1, 0.15) is 27.7 Å². The summed E-state index contributed by atoms with van der Waals surface area (Å²) >= 11 is 0. The number of aryl methyl sites for hydroxylation is 1. The van der Waals surface area contributed by atoms with Crippen LogP contribution in [0.5, 0.6) is 5.75 Å². The van der Waals surface area contributed by atoms with Gasteiger partial charge in [-0.2, -0.15) is 0 Å². The Hall–Kier alpha value is -4.33. The van der Waals surface area contributed by atoms with E-state index in [1.54, 1.807) is 18.2 Å². The second-order valence-corrected chi connectivity index (χ2v) is 9.50. The van der Waals surface area contributed by atoms with Crippen molar-refractivity contribution in [3.8, 4) is 5.75 Å². The second kappa shape index (κ2) is 9.28. The monoisotopic (exact) mass is 495 g/mol. The third-order valence-corrected chi connectivity index (χ3v) is 7.54. The number of aromatic nitrogens is 2. The summed E-state index contributed by atoms with van der Waals surface area (Å²) in [6.07, 6.45) is 1.78. The van der Waals surface area contributed by atoms with Crippen LogP contribution in [-0.2, 0) is 11.8 Å². The van der Waals surface area contributed by atoms with Crippen molar-refractivity contribution in [3.63, 3.8) is 0 Å². The lowest BCUT2D eigenvalue weighted by Gasteiger charge is -2.36. The first-order valence-electron chi connectivity index (χ1n) is 12.5. The maximum Gasteiger partial charge on any atom is 0.272 e. The molecule has 1 saturated heterocycles. The number of rotatable bonds is 5. The minimum atomic E-state index is -0.349. The van der Waals surface area contributed by atoms with E-state index >= 15 is 0 Å². The number of benzene rings is 2. The SMILES string of the molecule is COc1ccc([C@@H]2c3c(n(C)c4ccccc34)C(=O)N2CC(=O)N2CCN(c3ccccn3)CC2)cc1. The molecule has 8 nitrogen and oxygen atoms in total. The van der Waals surface area contributed by atoms with E-state index < -0.39 is 0 Å². The van der Waals surface area contributed by atoms with Gasteiger partial charge in [-0.15, -0.1) is 0 Å². The normalized spacial score (nSPS) is 17.4. The highest BCUT2D eigenvalue weighted by Crippen LogP contribution is 2.44. The predicted octanol–water partition coefficient (Wildman–Crippen LogP) is 3.48. The van der Waals surface area contributed by atoms with Crippen LogP contribution in [0.3, 0.4) is 0 Å². The first kappa shape index (κ1) is 23.1. The summed E-state index contributed by atoms with van der Waals surface area (Å²) in [6.45, 7) is 2.65. The van der Waals surface area contributed by atoms with Crippen molar-refractivity contribution in [1.29, 1.82) is 0 Å². The minimum absolute atomic E-state index is 0.0299. The predicted molar refractivity (Wildman–Crippen MR) is 142 cm³/mol. The molecule has 0 N–H and O–H groups in total. The molecule has 6 rings (SSSR count). The average molecular weight is 496 g/mol. The van der Waals surface area contributed by atoms with Gasteiger partial charge in [-0.05, 0) is 35.9 Å². The largest absolute Gasteiger partial charge is 0.497 e. The zero-order valence-corrected chi connectivity index (χ0v) is 21.0. The van der Waals surface area contributed by atoms with Gasteiger partial charge in [0.2, 0.25) is 5.91 Å². The molecule has 4 aromatic rings. The summed E-state index contributed by atoms with van der Waals surface area (Å²) in [4.78, 5) is 37.6. The summed E-state index contributed by atoms with van der Waals surface area (Å²) in [7, 11) is 3.56. The molecule has 2 aromatic carbocycles. The summed E-state index contributed by atoms with van der Waals surface area (Å²) in [5, 5.41) is 1.04. The van der Waals surface area contributed by atoms with Gasteiger partial charge in [0.15, 0.2) is 0 Å². The number of piperazine rings is 1. The van der Waals surface area contributed by atoms with E-state index in [1.165, 1.54) is 0 Å². The number of ether oxygens (including phenoxy) is 1. The van der Waals surface area contributed by atoms with E-state index in [0.717, 1.165) is 33.6 Å². The molecule has 0 radical (unpaired) electrons. The van der Waals surface area contributed by atoms with Gasteiger partial charge in [0.25, 0.3) is 5.91 Å². The van der Waals surface area contributed by atoms with Crippen LogP contribution in [-0.4, -0.2) is 71.0 Å². The van der Waals surface area contributed by atoms with Crippen molar-refractivity contribution in [3.05, 3.63) is 89.7 Å². The van der Waals surface area contributed by atoms with Crippen LogP contribution >= 0.6 is 0 Å². The van der Waals surface area contributed by atoms with E-state index in [1.807, 2.05) is 77.2 Å². The van der Waals surface area contributed by atoms with Crippen molar-refractivity contribution in [2.45, 2.75) is 6.04 Å². The molecule has 0 spiro atoms. The molecule has 0 saturated carbocycles. The van der Waals surface area contributed by atoms with Crippen molar-refractivity contribution in [2.24, 2.45) is 7.05 Å². The Labute approximate surface area is 215 Å². The molecule has 2 aromatic heterocycles. The number of fused-ring (bicyclic) bond motifs is 3. The van der Waals surface area contributed by atoms with Gasteiger partial charge < -0.3 is 24.0 Å². The van der Waals surface area contributed by atoms with Crippen molar-refractivity contribution in [1.82, 2.24) is 19.4 Å². The molecule has 1 fully saturated rings. The van der Waals surface area contributed by atoms with E-state index in [0.29, 0.717) is 31.9 Å². The van der Waals surface area contributed by atoms with Gasteiger partial charge in [-0.3, -0.25) is 9.59 Å². The van der Waals surface area contributed by atoms with Crippen LogP contribution in [0.15, 0.2) is 72.9 Å². The van der Waals surface area contributed by atoms with Gasteiger partial charge in [-0.25, -0.2) is 4.98 Å². The highest BCUT2D eigenvalue weighted by Gasteiger charge is 2.43. The fourth-order valence-corrected chi connectivity index (χ4v) is 5.63. The molecule has 188 valence electrons. The van der Waals surface area contributed by atoms with Gasteiger partial charge in [0, 0.05) is 55.9 Å². The van der Waals surface area contributed by atoms with Gasteiger partial charge in [0.05, 0.1) is 13.2 Å². The third-order valence-electron chi connectivity index (χ3n) is 7.54. The molecule has 2 aliphatic heterocycles. The molecule has 37 heavy (non-hydrogen) atoms. The Balaban J connectivity index is 1.29. The molecular weight excluding hydrogens is 466 g/mol. The third kappa shape index (κ3) is 3.89. The highest BCUT2D eigenvalue weighted by atomic mass is 16.5. The molecule has 2 aliphatic rings. The zero-order chi connectivity index (χ0) is 25.5. The van der Waals surface area contributed by atoms with Crippen LogP contribution < -0.4 is 9.64 Å². The smallest absolute Gasteiger partial charge is 0.272 e. The molecule has 2 amide bonds. The number of carbonyl (C=O) groups is 2. The first-order chi connectivity index (χ1) is 18.1. The molecular formula is C29H29N5O3. The maximum absolute atomic E-state index is 13.8. The fraction of sp³-hybridized carbons (Fsp3) is 0.276. The number of hydrogen-bond donors (Lipinski definition) is 0. The number of para-hydroxylation sites is 1. The fourth-order valence-electron chi connectivity index (χ4n) is 5.63. The Morgan fingerprint density at radius 3 is 2.41 bits per heavy atom. The van der Waals surface area contributed by atoms with E-state index in [9.17, 15) is 9.59 Å². The number of pyridine rings is 1. The molecule has 0 aliphatic carbocycles. The summed E-state index contributed by atoms with van der Waals surface area (Å²) in [5.74, 6) is 1.52. The topological polar surface area (TPSA) is 70.9 Å². The van der Waals surface area contributed by atoms with Crippen LogP contribution in [0.25, 0.3) is 10.9 Å². The average Bonchev–Trinajstić information content (AvgIpc) is 3.41. The van der Waals surface area contributed by atoms with Crippen molar-refractivity contribution < 1.29 is 14.3 Å². The van der Waals surface area contributed by atoms with E-state index in [4.69, 9.17) is 4.74 Å². The highest BCUT2D eigenvalue weighted by molar-refractivity contribution is 6.07. The van der Waals surface area contributed by atoms with Crippen molar-refractivity contribution >= 4 is 28.5 Å². The second-order valence-electron chi connectivity index (χ2n) is 9.50. The van der Waals surface area contributed by atoms with Gasteiger partial charge >= 0.3 is 0 Å². The Morgan fingerprint density at radius 1 is 0.973 bits per heavy atom. The van der Waals surface area contributed by atoms with Crippen molar-refractivity contribution in [2.75, 3.05) is 44.7 Å². The number of nitrogens with zero attached hydrogens (tertiary/aromatic N) is 5. The minimum Gasteiger partial charge on any atom is -0.497 e. The molecule has 8 heteroatoms.